The van der Waals surface area contributed by atoms with Gasteiger partial charge in [-0.05, 0) is 83.5 Å². The minimum Gasteiger partial charge on any atom is -0.497 e. The molecule has 0 aliphatic heterocycles. The van der Waals surface area contributed by atoms with E-state index in [4.69, 9.17) is 10.5 Å². The van der Waals surface area contributed by atoms with Crippen molar-refractivity contribution >= 4 is 5.91 Å². The van der Waals surface area contributed by atoms with Gasteiger partial charge in [0.05, 0.1) is 12.7 Å². The number of fused-ring (bicyclic) bond motifs is 1. The molecule has 4 rings (SSSR count). The fraction of sp³-hybridized carbons (Fsp3) is 0.433. The lowest BCUT2D eigenvalue weighted by Crippen LogP contribution is -2.34. The molecule has 0 saturated carbocycles. The average molecular weight is 459 g/mol. The van der Waals surface area contributed by atoms with E-state index < -0.39 is 0 Å². The molecular formula is C30H38N2O2. The van der Waals surface area contributed by atoms with E-state index in [1.807, 2.05) is 25.1 Å². The first kappa shape index (κ1) is 24.1. The van der Waals surface area contributed by atoms with Crippen LogP contribution in [0.1, 0.15) is 85.8 Å². The Morgan fingerprint density at radius 1 is 1.00 bits per heavy atom. The maximum Gasteiger partial charge on any atom is 0.250 e. The van der Waals surface area contributed by atoms with E-state index in [1.165, 1.54) is 28.7 Å². The Morgan fingerprint density at radius 2 is 1.59 bits per heavy atom. The van der Waals surface area contributed by atoms with E-state index >= 15 is 0 Å². The number of hydrogen-bond donors (Lipinski definition) is 1. The maximum atomic E-state index is 12.3. The van der Waals surface area contributed by atoms with E-state index in [0.29, 0.717) is 12.1 Å². The first-order chi connectivity index (χ1) is 16.0. The molecule has 0 atom stereocenters. The molecule has 0 saturated heterocycles. The lowest BCUT2D eigenvalue weighted by Gasteiger charge is -2.42. The van der Waals surface area contributed by atoms with Gasteiger partial charge in [-0.3, -0.25) is 4.79 Å². The van der Waals surface area contributed by atoms with Crippen LogP contribution < -0.4 is 10.5 Å². The Bertz CT molecular complexity index is 1230. The van der Waals surface area contributed by atoms with Crippen molar-refractivity contribution in [1.29, 1.82) is 0 Å². The third kappa shape index (κ3) is 4.15. The van der Waals surface area contributed by atoms with Crippen molar-refractivity contribution in [2.75, 3.05) is 7.11 Å². The van der Waals surface area contributed by atoms with E-state index in [9.17, 15) is 4.79 Å². The molecule has 2 aromatic carbocycles. The Labute approximate surface area is 204 Å². The molecule has 0 unspecified atom stereocenters. The van der Waals surface area contributed by atoms with Gasteiger partial charge in [0.25, 0.3) is 5.91 Å². The SMILES string of the molecule is CCc1cc2c(cc1-c1cc(C(N)=O)c(C)n1Cc1ccc(OC)cc1)C(C)(C)CCC2(C)C. The fourth-order valence-corrected chi connectivity index (χ4v) is 5.42. The summed E-state index contributed by atoms with van der Waals surface area (Å²) in [5, 5.41) is 0. The number of benzene rings is 2. The van der Waals surface area contributed by atoms with Crippen molar-refractivity contribution < 1.29 is 9.53 Å². The van der Waals surface area contributed by atoms with Crippen LogP contribution in [0.5, 0.6) is 5.75 Å². The molecule has 1 aliphatic carbocycles. The van der Waals surface area contributed by atoms with Gasteiger partial charge in [-0.2, -0.15) is 0 Å². The molecule has 1 heterocycles. The first-order valence-electron chi connectivity index (χ1n) is 12.3. The lowest BCUT2D eigenvalue weighted by atomic mass is 9.62. The highest BCUT2D eigenvalue weighted by Gasteiger charge is 2.38. The van der Waals surface area contributed by atoms with Gasteiger partial charge in [0.1, 0.15) is 5.75 Å². The fourth-order valence-electron chi connectivity index (χ4n) is 5.42. The second-order valence-corrected chi connectivity index (χ2v) is 11.0. The highest BCUT2D eigenvalue weighted by molar-refractivity contribution is 5.96. The van der Waals surface area contributed by atoms with Gasteiger partial charge >= 0.3 is 0 Å². The van der Waals surface area contributed by atoms with Crippen LogP contribution in [0.2, 0.25) is 0 Å². The molecule has 0 radical (unpaired) electrons. The quantitative estimate of drug-likeness (QED) is 0.456. The van der Waals surface area contributed by atoms with Gasteiger partial charge in [-0.15, -0.1) is 0 Å². The molecule has 34 heavy (non-hydrogen) atoms. The van der Waals surface area contributed by atoms with Gasteiger partial charge in [-0.25, -0.2) is 0 Å². The Hall–Kier alpha value is -3.01. The number of methoxy groups -OCH3 is 1. The van der Waals surface area contributed by atoms with Crippen LogP contribution in [-0.4, -0.2) is 17.6 Å². The lowest BCUT2D eigenvalue weighted by molar-refractivity contribution is 0.0999. The third-order valence-corrected chi connectivity index (χ3v) is 7.87. The Balaban J connectivity index is 1.93. The van der Waals surface area contributed by atoms with Gasteiger partial charge in [0, 0.05) is 23.5 Å². The Kier molecular flexibility index (Phi) is 6.14. The Morgan fingerprint density at radius 3 is 2.12 bits per heavy atom. The molecule has 1 aromatic heterocycles. The van der Waals surface area contributed by atoms with Crippen LogP contribution in [0.3, 0.4) is 0 Å². The predicted molar refractivity (Wildman–Crippen MR) is 140 cm³/mol. The molecule has 1 aliphatic rings. The topological polar surface area (TPSA) is 57.2 Å². The monoisotopic (exact) mass is 458 g/mol. The molecule has 3 aromatic rings. The number of primary amides is 1. The van der Waals surface area contributed by atoms with Crippen molar-refractivity contribution in [2.24, 2.45) is 5.73 Å². The average Bonchev–Trinajstić information content (AvgIpc) is 3.13. The van der Waals surface area contributed by atoms with E-state index in [1.54, 1.807) is 7.11 Å². The largest absolute Gasteiger partial charge is 0.497 e. The summed E-state index contributed by atoms with van der Waals surface area (Å²) in [6, 6.07) is 14.9. The summed E-state index contributed by atoms with van der Waals surface area (Å²) in [6.45, 7) is 14.3. The summed E-state index contributed by atoms with van der Waals surface area (Å²) in [5.74, 6) is 0.448. The van der Waals surface area contributed by atoms with Crippen LogP contribution in [0.25, 0.3) is 11.3 Å². The molecule has 0 bridgehead atoms. The van der Waals surface area contributed by atoms with Crippen LogP contribution in [0.15, 0.2) is 42.5 Å². The number of ether oxygens (including phenoxy) is 1. The molecule has 4 nitrogen and oxygen atoms in total. The normalized spacial score (nSPS) is 16.2. The van der Waals surface area contributed by atoms with Crippen LogP contribution in [0, 0.1) is 6.92 Å². The molecule has 4 heteroatoms. The zero-order valence-corrected chi connectivity index (χ0v) is 21.7. The van der Waals surface area contributed by atoms with Gasteiger partial charge < -0.3 is 15.0 Å². The summed E-state index contributed by atoms with van der Waals surface area (Å²) in [5.41, 5.74) is 15.2. The first-order valence-corrected chi connectivity index (χ1v) is 12.3. The van der Waals surface area contributed by atoms with Crippen molar-refractivity contribution in [1.82, 2.24) is 4.57 Å². The summed E-state index contributed by atoms with van der Waals surface area (Å²) in [4.78, 5) is 12.3. The van der Waals surface area contributed by atoms with Crippen LogP contribution in [0.4, 0.5) is 0 Å². The second-order valence-electron chi connectivity index (χ2n) is 11.0. The van der Waals surface area contributed by atoms with Crippen LogP contribution >= 0.6 is 0 Å². The van der Waals surface area contributed by atoms with Gasteiger partial charge in [-0.1, -0.05) is 52.8 Å². The van der Waals surface area contributed by atoms with Crippen molar-refractivity contribution in [3.63, 3.8) is 0 Å². The smallest absolute Gasteiger partial charge is 0.250 e. The summed E-state index contributed by atoms with van der Waals surface area (Å²) in [6.07, 6.45) is 3.28. The molecule has 1 amide bonds. The number of aromatic nitrogens is 1. The number of carbonyl (C=O) groups excluding carboxylic acids is 1. The summed E-state index contributed by atoms with van der Waals surface area (Å²) >= 11 is 0. The molecule has 2 N–H and O–H groups in total. The van der Waals surface area contributed by atoms with Crippen LogP contribution in [-0.2, 0) is 23.8 Å². The van der Waals surface area contributed by atoms with E-state index in [-0.39, 0.29) is 16.7 Å². The minimum atomic E-state index is -0.385. The van der Waals surface area contributed by atoms with Crippen molar-refractivity contribution in [2.45, 2.75) is 78.2 Å². The molecular weight excluding hydrogens is 420 g/mol. The molecule has 180 valence electrons. The second kappa shape index (κ2) is 8.65. The van der Waals surface area contributed by atoms with Crippen molar-refractivity contribution in [3.8, 4) is 17.0 Å². The van der Waals surface area contributed by atoms with Crippen molar-refractivity contribution in [3.05, 3.63) is 76.0 Å². The number of rotatable bonds is 6. The number of nitrogens with two attached hydrogens (primary N) is 1. The highest BCUT2D eigenvalue weighted by atomic mass is 16.5. The maximum absolute atomic E-state index is 12.3. The summed E-state index contributed by atoms with van der Waals surface area (Å²) in [7, 11) is 1.67. The number of nitrogens with zero attached hydrogens (tertiary/aromatic N) is 1. The third-order valence-electron chi connectivity index (χ3n) is 7.87. The molecule has 0 spiro atoms. The number of hydrogen-bond acceptors (Lipinski definition) is 2. The number of aryl methyl sites for hydroxylation is 1. The van der Waals surface area contributed by atoms with E-state index in [0.717, 1.165) is 35.5 Å². The highest BCUT2D eigenvalue weighted by Crippen LogP contribution is 2.48. The molecule has 0 fully saturated rings. The minimum absolute atomic E-state index is 0.112. The zero-order valence-electron chi connectivity index (χ0n) is 21.7. The van der Waals surface area contributed by atoms with E-state index in [2.05, 4.69) is 63.5 Å². The van der Waals surface area contributed by atoms with Gasteiger partial charge in [0.2, 0.25) is 0 Å². The summed E-state index contributed by atoms with van der Waals surface area (Å²) < 4.78 is 7.56. The standard InChI is InChI=1S/C30H38N2O2/c1-8-21-15-25-26(30(5,6)14-13-29(25,3)4)16-24(21)27-17-23(28(31)33)19(2)32(27)18-20-9-11-22(34-7)12-10-20/h9-12,15-17H,8,13-14,18H2,1-7H3,(H2,31,33). The zero-order chi connectivity index (χ0) is 24.8. The number of carbonyl (C=O) groups is 1. The predicted octanol–water partition coefficient (Wildman–Crippen LogP) is 6.53. The van der Waals surface area contributed by atoms with Gasteiger partial charge in [0.15, 0.2) is 0 Å². The number of amides is 1.